The zero-order chi connectivity index (χ0) is 29.1. The van der Waals surface area contributed by atoms with E-state index in [0.717, 1.165) is 38.5 Å². The van der Waals surface area contributed by atoms with Crippen molar-refractivity contribution in [2.24, 2.45) is 0 Å². The smallest absolute Gasteiger partial charge is 0.410 e. The molecule has 0 aromatic carbocycles. The molecule has 0 N–H and O–H groups in total. The van der Waals surface area contributed by atoms with Crippen molar-refractivity contribution in [3.63, 3.8) is 0 Å². The summed E-state index contributed by atoms with van der Waals surface area (Å²) < 4.78 is 10.7. The maximum absolute atomic E-state index is 13.0. The number of unbranched alkanes of at least 4 members (excludes halogenated alkanes) is 10. The lowest BCUT2D eigenvalue weighted by Gasteiger charge is -2.33. The van der Waals surface area contributed by atoms with E-state index in [9.17, 15) is 19.2 Å². The molecule has 38 heavy (non-hydrogen) atoms. The van der Waals surface area contributed by atoms with Crippen LogP contribution in [0.3, 0.4) is 0 Å². The Kier molecular flexibility index (Phi) is 19.4. The van der Waals surface area contributed by atoms with E-state index in [1.165, 1.54) is 74.4 Å². The molecule has 0 bridgehead atoms. The third-order valence-electron chi connectivity index (χ3n) is 7.25. The van der Waals surface area contributed by atoms with Gasteiger partial charge >= 0.3 is 12.1 Å². The third-order valence-corrected chi connectivity index (χ3v) is 7.25. The summed E-state index contributed by atoms with van der Waals surface area (Å²) in [5.41, 5.74) is 0. The van der Waals surface area contributed by atoms with Crippen molar-refractivity contribution in [3.8, 4) is 0 Å². The maximum atomic E-state index is 13.0. The summed E-state index contributed by atoms with van der Waals surface area (Å²) in [4.78, 5) is 54.7. The SMILES string of the molecule is CCCCCCCCOC(=O)C(C)N(C)C(=O)C(C)N(C)C(=O)C(C)N(C)C(=O)OCCCCCCCC. The van der Waals surface area contributed by atoms with Crippen LogP contribution >= 0.6 is 0 Å². The van der Waals surface area contributed by atoms with Gasteiger partial charge in [0.05, 0.1) is 13.2 Å². The fraction of sp³-hybridized carbons (Fsp3) is 0.862. The molecule has 0 heterocycles. The van der Waals surface area contributed by atoms with Gasteiger partial charge in [0.2, 0.25) is 11.8 Å². The highest BCUT2D eigenvalue weighted by Crippen LogP contribution is 2.12. The number of carbonyl (C=O) groups is 4. The number of rotatable bonds is 20. The highest BCUT2D eigenvalue weighted by atomic mass is 16.6. The molecule has 9 nitrogen and oxygen atoms in total. The maximum Gasteiger partial charge on any atom is 0.410 e. The van der Waals surface area contributed by atoms with Crippen LogP contribution in [0.5, 0.6) is 0 Å². The van der Waals surface area contributed by atoms with Gasteiger partial charge in [-0.25, -0.2) is 9.59 Å². The molecular weight excluding hydrogens is 486 g/mol. The van der Waals surface area contributed by atoms with Crippen LogP contribution < -0.4 is 0 Å². The Morgan fingerprint density at radius 3 is 1.37 bits per heavy atom. The number of hydrogen-bond acceptors (Lipinski definition) is 6. The molecule has 0 saturated heterocycles. The van der Waals surface area contributed by atoms with Crippen molar-refractivity contribution in [2.45, 2.75) is 130 Å². The predicted octanol–water partition coefficient (Wildman–Crippen LogP) is 5.40. The van der Waals surface area contributed by atoms with E-state index >= 15 is 0 Å². The lowest BCUT2D eigenvalue weighted by atomic mass is 10.1. The van der Waals surface area contributed by atoms with Gasteiger partial charge in [0, 0.05) is 21.1 Å². The Morgan fingerprint density at radius 2 is 0.895 bits per heavy atom. The first-order valence-electron chi connectivity index (χ1n) is 14.6. The summed E-state index contributed by atoms with van der Waals surface area (Å²) in [6, 6.07) is -2.40. The lowest BCUT2D eigenvalue weighted by Crippen LogP contribution is -2.55. The van der Waals surface area contributed by atoms with Gasteiger partial charge in [-0.05, 0) is 33.6 Å². The molecule has 0 aliphatic carbocycles. The Balaban J connectivity index is 4.62. The second-order valence-electron chi connectivity index (χ2n) is 10.4. The lowest BCUT2D eigenvalue weighted by molar-refractivity contribution is -0.156. The van der Waals surface area contributed by atoms with Crippen LogP contribution in [0.25, 0.3) is 0 Å². The van der Waals surface area contributed by atoms with Gasteiger partial charge in [-0.3, -0.25) is 14.5 Å². The number of ether oxygens (including phenoxy) is 2. The Hall–Kier alpha value is -2.32. The van der Waals surface area contributed by atoms with Crippen molar-refractivity contribution in [3.05, 3.63) is 0 Å². The molecule has 0 fully saturated rings. The van der Waals surface area contributed by atoms with Crippen LogP contribution in [0.1, 0.15) is 112 Å². The van der Waals surface area contributed by atoms with E-state index in [4.69, 9.17) is 9.47 Å². The summed E-state index contributed by atoms with van der Waals surface area (Å²) in [6.07, 6.45) is 12.5. The normalized spacial score (nSPS) is 13.3. The van der Waals surface area contributed by atoms with Crippen molar-refractivity contribution in [1.29, 1.82) is 0 Å². The second kappa shape index (κ2) is 20.6. The van der Waals surface area contributed by atoms with Crippen molar-refractivity contribution in [1.82, 2.24) is 14.7 Å². The van der Waals surface area contributed by atoms with E-state index in [1.54, 1.807) is 20.8 Å². The van der Waals surface area contributed by atoms with Gasteiger partial charge in [0.1, 0.15) is 18.1 Å². The van der Waals surface area contributed by atoms with Crippen LogP contribution in [0.4, 0.5) is 4.79 Å². The Bertz CT molecular complexity index is 644. The number of nitrogens with zero attached hydrogens (tertiary/aromatic N) is 3. The van der Waals surface area contributed by atoms with E-state index < -0.39 is 36.1 Å². The topological polar surface area (TPSA) is 96.5 Å². The number of hydrogen-bond donors (Lipinski definition) is 0. The second-order valence-corrected chi connectivity index (χ2v) is 10.4. The molecule has 9 heteroatoms. The fourth-order valence-electron chi connectivity index (χ4n) is 3.94. The molecule has 3 unspecified atom stereocenters. The van der Waals surface area contributed by atoms with Crippen molar-refractivity contribution < 1.29 is 28.7 Å². The highest BCUT2D eigenvalue weighted by Gasteiger charge is 2.34. The summed E-state index contributed by atoms with van der Waals surface area (Å²) in [5, 5.41) is 0. The molecule has 0 aromatic rings. The minimum absolute atomic E-state index is 0.318. The van der Waals surface area contributed by atoms with E-state index in [-0.39, 0.29) is 5.91 Å². The number of esters is 1. The quantitative estimate of drug-likeness (QED) is 0.151. The molecule has 0 radical (unpaired) electrons. The molecule has 222 valence electrons. The van der Waals surface area contributed by atoms with Crippen LogP contribution in [0.2, 0.25) is 0 Å². The molecule has 0 aromatic heterocycles. The van der Waals surface area contributed by atoms with E-state index in [2.05, 4.69) is 13.8 Å². The summed E-state index contributed by atoms with van der Waals surface area (Å²) in [7, 11) is 4.57. The zero-order valence-corrected chi connectivity index (χ0v) is 25.4. The molecule has 0 aliphatic rings. The van der Waals surface area contributed by atoms with Crippen molar-refractivity contribution >= 4 is 23.9 Å². The first kappa shape index (κ1) is 35.7. The van der Waals surface area contributed by atoms with Gasteiger partial charge in [-0.2, -0.15) is 0 Å². The average Bonchev–Trinajstić information content (AvgIpc) is 2.92. The standard InChI is InChI=1S/C29H55N3O6/c1-9-11-13-15-17-19-21-37-28(35)25(5)31(7)26(33)23(3)30(6)27(34)24(4)32(8)29(36)38-22-20-18-16-14-12-10-2/h23-25H,9-22H2,1-8H3. The van der Waals surface area contributed by atoms with Gasteiger partial charge in [-0.15, -0.1) is 0 Å². The Morgan fingerprint density at radius 1 is 0.526 bits per heavy atom. The van der Waals surface area contributed by atoms with Crippen LogP contribution in [0, 0.1) is 0 Å². The van der Waals surface area contributed by atoms with E-state index in [1.807, 2.05) is 0 Å². The van der Waals surface area contributed by atoms with Crippen molar-refractivity contribution in [2.75, 3.05) is 34.4 Å². The number of amides is 3. The molecule has 0 saturated carbocycles. The molecule has 3 amide bonds. The Labute approximate surface area is 231 Å². The first-order valence-corrected chi connectivity index (χ1v) is 14.6. The monoisotopic (exact) mass is 541 g/mol. The average molecular weight is 542 g/mol. The zero-order valence-electron chi connectivity index (χ0n) is 25.4. The molecule has 0 aliphatic heterocycles. The third kappa shape index (κ3) is 13.5. The summed E-state index contributed by atoms with van der Waals surface area (Å²) in [6.45, 7) is 9.82. The van der Waals surface area contributed by atoms with Gasteiger partial charge in [0.25, 0.3) is 0 Å². The molecule has 0 spiro atoms. The fourth-order valence-corrected chi connectivity index (χ4v) is 3.94. The molecule has 3 atom stereocenters. The van der Waals surface area contributed by atoms with Gasteiger partial charge < -0.3 is 19.3 Å². The minimum Gasteiger partial charge on any atom is -0.464 e. The van der Waals surface area contributed by atoms with Crippen LogP contribution in [-0.2, 0) is 23.9 Å². The van der Waals surface area contributed by atoms with Gasteiger partial charge in [0.15, 0.2) is 0 Å². The predicted molar refractivity (Wildman–Crippen MR) is 151 cm³/mol. The number of carbonyl (C=O) groups excluding carboxylic acids is 4. The summed E-state index contributed by atoms with van der Waals surface area (Å²) >= 11 is 0. The van der Waals surface area contributed by atoms with Crippen LogP contribution in [0.15, 0.2) is 0 Å². The first-order chi connectivity index (χ1) is 18.0. The number of likely N-dealkylation sites (N-methyl/N-ethyl adjacent to an activating group) is 3. The highest BCUT2D eigenvalue weighted by molar-refractivity contribution is 5.92. The molecule has 0 rings (SSSR count). The van der Waals surface area contributed by atoms with Crippen LogP contribution in [-0.4, -0.2) is 91.1 Å². The molecular formula is C29H55N3O6. The summed E-state index contributed by atoms with van der Waals surface area (Å²) in [5.74, 6) is -1.24. The van der Waals surface area contributed by atoms with Gasteiger partial charge in [-0.1, -0.05) is 78.1 Å². The van der Waals surface area contributed by atoms with E-state index in [0.29, 0.717) is 13.2 Å². The minimum atomic E-state index is -0.823. The largest absolute Gasteiger partial charge is 0.464 e.